The minimum Gasteiger partial charge on any atom is -0.503 e. The highest BCUT2D eigenvalue weighted by Crippen LogP contribution is 2.35. The zero-order valence-electron chi connectivity index (χ0n) is 13.5. The minimum absolute atomic E-state index is 0.0222. The van der Waals surface area contributed by atoms with Crippen LogP contribution in [0.1, 0.15) is 22.8 Å². The minimum atomic E-state index is -0.353. The number of carbonyl (C=O) groups excluding carboxylic acids is 1. The lowest BCUT2D eigenvalue weighted by molar-refractivity contribution is 0.0954. The van der Waals surface area contributed by atoms with Crippen LogP contribution in [0.2, 0.25) is 0 Å². The van der Waals surface area contributed by atoms with E-state index in [1.165, 1.54) is 6.21 Å². The van der Waals surface area contributed by atoms with Crippen molar-refractivity contribution in [1.29, 1.82) is 0 Å². The van der Waals surface area contributed by atoms with Crippen LogP contribution in [0.3, 0.4) is 0 Å². The average Bonchev–Trinajstić information content (AvgIpc) is 2.59. The molecule has 0 radical (unpaired) electrons. The number of phenolic OH excluding ortho intramolecular Hbond substituents is 1. The number of nitrogens with one attached hydrogen (secondary N) is 1. The first-order chi connectivity index (χ1) is 12.0. The van der Waals surface area contributed by atoms with Crippen molar-refractivity contribution >= 4 is 50.6 Å². The summed E-state index contributed by atoms with van der Waals surface area (Å²) in [5.74, 6) is 0.635. The second-order valence-corrected chi connectivity index (χ2v) is 6.85. The second kappa shape index (κ2) is 9.04. The van der Waals surface area contributed by atoms with Gasteiger partial charge in [0.25, 0.3) is 5.91 Å². The SMILES string of the molecule is CCOc1cc(/C=N\NC(=O)c2ccc(I)c(OC)c2)cc(Br)c1O. The van der Waals surface area contributed by atoms with Crippen molar-refractivity contribution in [3.05, 3.63) is 49.5 Å². The summed E-state index contributed by atoms with van der Waals surface area (Å²) in [7, 11) is 1.55. The Balaban J connectivity index is 2.11. The van der Waals surface area contributed by atoms with E-state index in [4.69, 9.17) is 9.47 Å². The van der Waals surface area contributed by atoms with Crippen LogP contribution in [0, 0.1) is 3.57 Å². The molecule has 2 N–H and O–H groups in total. The molecule has 0 aliphatic heterocycles. The van der Waals surface area contributed by atoms with E-state index in [9.17, 15) is 9.90 Å². The molecule has 0 fully saturated rings. The van der Waals surface area contributed by atoms with Crippen LogP contribution in [0.5, 0.6) is 17.2 Å². The van der Waals surface area contributed by atoms with Crippen LogP contribution >= 0.6 is 38.5 Å². The number of aromatic hydroxyl groups is 1. The number of phenols is 1. The molecule has 0 spiro atoms. The third-order valence-corrected chi connectivity index (χ3v) is 4.64. The van der Waals surface area contributed by atoms with Gasteiger partial charge in [-0.05, 0) is 81.3 Å². The molecule has 6 nitrogen and oxygen atoms in total. The van der Waals surface area contributed by atoms with Crippen LogP contribution in [0.25, 0.3) is 0 Å². The van der Waals surface area contributed by atoms with Gasteiger partial charge in [-0.3, -0.25) is 4.79 Å². The van der Waals surface area contributed by atoms with Gasteiger partial charge < -0.3 is 14.6 Å². The number of methoxy groups -OCH3 is 1. The number of halogens is 2. The molecule has 25 heavy (non-hydrogen) atoms. The van der Waals surface area contributed by atoms with E-state index < -0.39 is 0 Å². The number of hydrogen-bond acceptors (Lipinski definition) is 5. The molecule has 0 heterocycles. The van der Waals surface area contributed by atoms with Gasteiger partial charge in [0.15, 0.2) is 11.5 Å². The number of amides is 1. The molecule has 0 unspecified atom stereocenters. The van der Waals surface area contributed by atoms with Crippen molar-refractivity contribution in [1.82, 2.24) is 5.43 Å². The van der Waals surface area contributed by atoms with Crippen LogP contribution in [-0.2, 0) is 0 Å². The van der Waals surface area contributed by atoms with Gasteiger partial charge in [-0.15, -0.1) is 0 Å². The Hall–Kier alpha value is -1.81. The Morgan fingerprint density at radius 3 is 2.80 bits per heavy atom. The number of hydrogen-bond donors (Lipinski definition) is 2. The Labute approximate surface area is 167 Å². The van der Waals surface area contributed by atoms with Gasteiger partial charge >= 0.3 is 0 Å². The summed E-state index contributed by atoms with van der Waals surface area (Å²) >= 11 is 5.38. The molecule has 0 aromatic heterocycles. The van der Waals surface area contributed by atoms with Gasteiger partial charge in [-0.2, -0.15) is 5.10 Å². The fourth-order valence-corrected chi connectivity index (χ4v) is 2.98. The maximum atomic E-state index is 12.1. The Bertz CT molecular complexity index is 811. The molecule has 0 saturated carbocycles. The zero-order chi connectivity index (χ0) is 18.4. The van der Waals surface area contributed by atoms with E-state index in [1.54, 1.807) is 37.4 Å². The number of carbonyl (C=O) groups is 1. The normalized spacial score (nSPS) is 10.7. The highest BCUT2D eigenvalue weighted by Gasteiger charge is 2.10. The molecular formula is C17H16BrIN2O4. The van der Waals surface area contributed by atoms with Crippen LogP contribution in [0.4, 0.5) is 0 Å². The van der Waals surface area contributed by atoms with Gasteiger partial charge in [0, 0.05) is 5.56 Å². The third kappa shape index (κ3) is 5.08. The summed E-state index contributed by atoms with van der Waals surface area (Å²) in [4.78, 5) is 12.1. The van der Waals surface area contributed by atoms with E-state index in [2.05, 4.69) is 49.0 Å². The molecule has 0 bridgehead atoms. The highest BCUT2D eigenvalue weighted by atomic mass is 127. The molecule has 8 heteroatoms. The first-order valence-corrected chi connectivity index (χ1v) is 9.15. The van der Waals surface area contributed by atoms with Crippen LogP contribution in [-0.4, -0.2) is 30.9 Å². The molecule has 0 aliphatic rings. The monoisotopic (exact) mass is 518 g/mol. The molecule has 0 aliphatic carbocycles. The zero-order valence-corrected chi connectivity index (χ0v) is 17.3. The van der Waals surface area contributed by atoms with Crippen molar-refractivity contribution < 1.29 is 19.4 Å². The summed E-state index contributed by atoms with van der Waals surface area (Å²) in [5.41, 5.74) is 3.56. The summed E-state index contributed by atoms with van der Waals surface area (Å²) in [6, 6.07) is 8.44. The quantitative estimate of drug-likeness (QED) is 0.345. The number of nitrogens with zero attached hydrogens (tertiary/aromatic N) is 1. The fraction of sp³-hybridized carbons (Fsp3) is 0.176. The molecule has 2 rings (SSSR count). The van der Waals surface area contributed by atoms with Gasteiger partial charge in [-0.1, -0.05) is 0 Å². The lowest BCUT2D eigenvalue weighted by Gasteiger charge is -2.08. The maximum absolute atomic E-state index is 12.1. The topological polar surface area (TPSA) is 80.2 Å². The predicted octanol–water partition coefficient (Wildman–Crippen LogP) is 3.93. The van der Waals surface area contributed by atoms with Crippen molar-refractivity contribution in [2.45, 2.75) is 6.92 Å². The number of rotatable bonds is 6. The molecule has 132 valence electrons. The molecule has 2 aromatic rings. The van der Waals surface area contributed by atoms with E-state index >= 15 is 0 Å². The van der Waals surface area contributed by atoms with E-state index in [1.807, 2.05) is 6.92 Å². The smallest absolute Gasteiger partial charge is 0.271 e. The summed E-state index contributed by atoms with van der Waals surface area (Å²) < 4.78 is 11.9. The van der Waals surface area contributed by atoms with Crippen molar-refractivity contribution in [2.75, 3.05) is 13.7 Å². The first-order valence-electron chi connectivity index (χ1n) is 7.28. The van der Waals surface area contributed by atoms with Crippen molar-refractivity contribution in [3.63, 3.8) is 0 Å². The van der Waals surface area contributed by atoms with Crippen LogP contribution < -0.4 is 14.9 Å². The average molecular weight is 519 g/mol. The number of ether oxygens (including phenoxy) is 2. The van der Waals surface area contributed by atoms with Crippen LogP contribution in [0.15, 0.2) is 39.9 Å². The van der Waals surface area contributed by atoms with Gasteiger partial charge in [0.05, 0.1) is 28.0 Å². The van der Waals surface area contributed by atoms with E-state index in [0.717, 1.165) is 3.57 Å². The first kappa shape index (κ1) is 19.5. The Morgan fingerprint density at radius 2 is 2.12 bits per heavy atom. The Kier molecular flexibility index (Phi) is 7.06. The molecule has 1 amide bonds. The van der Waals surface area contributed by atoms with E-state index in [0.29, 0.717) is 33.7 Å². The van der Waals surface area contributed by atoms with Gasteiger partial charge in [0.1, 0.15) is 5.75 Å². The number of benzene rings is 2. The lowest BCUT2D eigenvalue weighted by atomic mass is 10.2. The fourth-order valence-electron chi connectivity index (χ4n) is 1.96. The Morgan fingerprint density at radius 1 is 1.36 bits per heavy atom. The largest absolute Gasteiger partial charge is 0.503 e. The molecular weight excluding hydrogens is 503 g/mol. The summed E-state index contributed by atoms with van der Waals surface area (Å²) in [6.45, 7) is 2.25. The summed E-state index contributed by atoms with van der Waals surface area (Å²) in [6.07, 6.45) is 1.47. The number of hydrazone groups is 1. The molecule has 0 saturated heterocycles. The summed E-state index contributed by atoms with van der Waals surface area (Å²) in [5, 5.41) is 13.8. The highest BCUT2D eigenvalue weighted by molar-refractivity contribution is 14.1. The lowest BCUT2D eigenvalue weighted by Crippen LogP contribution is -2.17. The third-order valence-electron chi connectivity index (χ3n) is 3.14. The van der Waals surface area contributed by atoms with Crippen molar-refractivity contribution in [3.8, 4) is 17.2 Å². The second-order valence-electron chi connectivity index (χ2n) is 4.83. The van der Waals surface area contributed by atoms with Gasteiger partial charge in [0.2, 0.25) is 0 Å². The van der Waals surface area contributed by atoms with Crippen molar-refractivity contribution in [2.24, 2.45) is 5.10 Å². The maximum Gasteiger partial charge on any atom is 0.271 e. The predicted molar refractivity (Wildman–Crippen MR) is 108 cm³/mol. The standard InChI is InChI=1S/C17H16BrIN2O4/c1-3-25-15-7-10(6-12(18)16(15)22)9-20-21-17(23)11-4-5-13(19)14(8-11)24-2/h4-9,22H,3H2,1-2H3,(H,21,23)/b20-9-. The van der Waals surface area contributed by atoms with Gasteiger partial charge in [-0.25, -0.2) is 5.43 Å². The molecule has 2 aromatic carbocycles. The molecule has 0 atom stereocenters. The van der Waals surface area contributed by atoms with E-state index in [-0.39, 0.29) is 11.7 Å².